The van der Waals surface area contributed by atoms with E-state index in [4.69, 9.17) is 0 Å². The van der Waals surface area contributed by atoms with Crippen molar-refractivity contribution in [2.45, 2.75) is 57.5 Å². The van der Waals surface area contributed by atoms with Crippen LogP contribution in [0.3, 0.4) is 0 Å². The third kappa shape index (κ3) is 1.86. The maximum Gasteiger partial charge on any atom is 0.167 e. The molecule has 0 bridgehead atoms. The van der Waals surface area contributed by atoms with Crippen LogP contribution in [0.1, 0.15) is 56.2 Å². The molecule has 0 aromatic carbocycles. The van der Waals surface area contributed by atoms with Gasteiger partial charge < -0.3 is 5.32 Å². The highest BCUT2D eigenvalue weighted by Gasteiger charge is 2.33. The first-order chi connectivity index (χ1) is 7.83. The molecule has 3 rings (SSSR count). The van der Waals surface area contributed by atoms with Gasteiger partial charge in [-0.1, -0.05) is 12.8 Å². The number of nitrogens with one attached hydrogen (secondary N) is 2. The molecule has 2 heterocycles. The van der Waals surface area contributed by atoms with Crippen LogP contribution >= 0.6 is 0 Å². The van der Waals surface area contributed by atoms with E-state index in [-0.39, 0.29) is 0 Å². The van der Waals surface area contributed by atoms with Crippen LogP contribution in [-0.4, -0.2) is 21.2 Å². The van der Waals surface area contributed by atoms with Crippen molar-refractivity contribution in [2.24, 2.45) is 5.92 Å². The lowest BCUT2D eigenvalue weighted by atomic mass is 9.77. The number of aryl methyl sites for hydroxylation is 1. The fourth-order valence-electron chi connectivity index (χ4n) is 3.21. The van der Waals surface area contributed by atoms with Gasteiger partial charge in [-0.25, -0.2) is 4.98 Å². The fraction of sp³-hybridized carbons (Fsp3) is 0.833. The van der Waals surface area contributed by atoms with E-state index < -0.39 is 0 Å². The molecule has 0 radical (unpaired) electrons. The van der Waals surface area contributed by atoms with Gasteiger partial charge >= 0.3 is 0 Å². The predicted molar refractivity (Wildman–Crippen MR) is 62.0 cm³/mol. The van der Waals surface area contributed by atoms with Crippen molar-refractivity contribution in [1.29, 1.82) is 0 Å². The first-order valence-electron chi connectivity index (χ1n) is 6.48. The van der Waals surface area contributed by atoms with Crippen molar-refractivity contribution in [1.82, 2.24) is 20.5 Å². The summed E-state index contributed by atoms with van der Waals surface area (Å²) >= 11 is 0. The van der Waals surface area contributed by atoms with Crippen molar-refractivity contribution >= 4 is 0 Å². The molecule has 1 aliphatic carbocycles. The summed E-state index contributed by atoms with van der Waals surface area (Å²) in [5.74, 6) is 2.79. The fourth-order valence-corrected chi connectivity index (χ4v) is 3.21. The predicted octanol–water partition coefficient (Wildman–Crippen LogP) is 2.10. The summed E-state index contributed by atoms with van der Waals surface area (Å²) in [6.07, 6.45) is 8.09. The zero-order valence-electron chi connectivity index (χ0n) is 9.87. The summed E-state index contributed by atoms with van der Waals surface area (Å²) < 4.78 is 0. The Labute approximate surface area is 96.2 Å². The lowest BCUT2D eigenvalue weighted by Gasteiger charge is -2.39. The molecule has 3 atom stereocenters. The molecule has 1 aromatic rings. The third-order valence-corrected chi connectivity index (χ3v) is 4.08. The van der Waals surface area contributed by atoms with E-state index in [1.165, 1.54) is 38.5 Å². The topological polar surface area (TPSA) is 53.6 Å². The number of hydrogen-bond acceptors (Lipinski definition) is 3. The van der Waals surface area contributed by atoms with E-state index in [2.05, 4.69) is 20.5 Å². The first-order valence-corrected chi connectivity index (χ1v) is 6.48. The van der Waals surface area contributed by atoms with Crippen LogP contribution in [0, 0.1) is 12.8 Å². The monoisotopic (exact) mass is 220 g/mol. The minimum Gasteiger partial charge on any atom is -0.304 e. The van der Waals surface area contributed by atoms with Crippen molar-refractivity contribution in [3.63, 3.8) is 0 Å². The Morgan fingerprint density at radius 1 is 1.12 bits per heavy atom. The van der Waals surface area contributed by atoms with E-state index in [1.807, 2.05) is 6.92 Å². The minimum atomic E-state index is 0.379. The molecule has 0 spiro atoms. The Morgan fingerprint density at radius 3 is 2.81 bits per heavy atom. The van der Waals surface area contributed by atoms with Crippen LogP contribution in [0.25, 0.3) is 0 Å². The molecule has 4 heteroatoms. The zero-order chi connectivity index (χ0) is 11.0. The smallest absolute Gasteiger partial charge is 0.167 e. The molecule has 1 saturated heterocycles. The summed E-state index contributed by atoms with van der Waals surface area (Å²) in [4.78, 5) is 4.44. The van der Waals surface area contributed by atoms with Gasteiger partial charge in [-0.05, 0) is 38.5 Å². The molecule has 1 aliphatic heterocycles. The summed E-state index contributed by atoms with van der Waals surface area (Å²) in [5, 5.41) is 11.0. The van der Waals surface area contributed by atoms with Crippen molar-refractivity contribution in [2.75, 3.05) is 0 Å². The summed E-state index contributed by atoms with van der Waals surface area (Å²) in [5.41, 5.74) is 0. The number of H-pyrrole nitrogens is 1. The molecular formula is C12H20N4. The van der Waals surface area contributed by atoms with E-state index in [0.29, 0.717) is 12.1 Å². The maximum atomic E-state index is 4.44. The van der Waals surface area contributed by atoms with E-state index in [1.54, 1.807) is 0 Å². The first kappa shape index (κ1) is 10.3. The average Bonchev–Trinajstić information content (AvgIpc) is 2.75. The Morgan fingerprint density at radius 2 is 2.00 bits per heavy atom. The Bertz CT molecular complexity index is 360. The standard InChI is InChI=1S/C12H20N4/c1-8-13-12(16-15-8)11-7-6-9-4-2-3-5-10(9)14-11/h9-11,14H,2-7H2,1H3,(H,13,15,16). The molecule has 0 amide bonds. The number of hydrogen-bond donors (Lipinski definition) is 2. The zero-order valence-corrected chi connectivity index (χ0v) is 9.87. The van der Waals surface area contributed by atoms with Gasteiger partial charge in [-0.3, -0.25) is 5.10 Å². The Kier molecular flexibility index (Phi) is 2.67. The van der Waals surface area contributed by atoms with Crippen LogP contribution in [0.4, 0.5) is 0 Å². The molecule has 2 aliphatic rings. The average molecular weight is 220 g/mol. The summed E-state index contributed by atoms with van der Waals surface area (Å²) in [6.45, 7) is 1.96. The largest absolute Gasteiger partial charge is 0.304 e. The number of piperidine rings is 1. The molecule has 16 heavy (non-hydrogen) atoms. The van der Waals surface area contributed by atoms with Crippen LogP contribution in [0.2, 0.25) is 0 Å². The van der Waals surface area contributed by atoms with Crippen molar-refractivity contribution < 1.29 is 0 Å². The quantitative estimate of drug-likeness (QED) is 0.762. The van der Waals surface area contributed by atoms with Crippen LogP contribution < -0.4 is 5.32 Å². The molecule has 1 aromatic heterocycles. The van der Waals surface area contributed by atoms with Crippen LogP contribution in [-0.2, 0) is 0 Å². The lowest BCUT2D eigenvalue weighted by Crippen LogP contribution is -2.45. The second kappa shape index (κ2) is 4.17. The van der Waals surface area contributed by atoms with Crippen LogP contribution in [0.5, 0.6) is 0 Å². The third-order valence-electron chi connectivity index (χ3n) is 4.08. The molecule has 1 saturated carbocycles. The van der Waals surface area contributed by atoms with Gasteiger partial charge in [0, 0.05) is 6.04 Å². The molecular weight excluding hydrogens is 200 g/mol. The molecule has 4 nitrogen and oxygen atoms in total. The van der Waals surface area contributed by atoms with Crippen molar-refractivity contribution in [3.05, 3.63) is 11.6 Å². The Balaban J connectivity index is 1.70. The van der Waals surface area contributed by atoms with Gasteiger partial charge in [-0.15, -0.1) is 0 Å². The minimum absolute atomic E-state index is 0.379. The highest BCUT2D eigenvalue weighted by Crippen LogP contribution is 2.35. The summed E-state index contributed by atoms with van der Waals surface area (Å²) in [6, 6.07) is 1.09. The van der Waals surface area contributed by atoms with E-state index in [9.17, 15) is 0 Å². The van der Waals surface area contributed by atoms with E-state index >= 15 is 0 Å². The maximum absolute atomic E-state index is 4.44. The Hall–Kier alpha value is -0.900. The number of aromatic amines is 1. The van der Waals surface area contributed by atoms with Gasteiger partial charge in [-0.2, -0.15) is 5.10 Å². The highest BCUT2D eigenvalue weighted by atomic mass is 15.2. The van der Waals surface area contributed by atoms with Gasteiger partial charge in [0.2, 0.25) is 0 Å². The summed E-state index contributed by atoms with van der Waals surface area (Å²) in [7, 11) is 0. The second-order valence-corrected chi connectivity index (χ2v) is 5.23. The van der Waals surface area contributed by atoms with Crippen LogP contribution in [0.15, 0.2) is 0 Å². The molecule has 88 valence electrons. The number of rotatable bonds is 1. The van der Waals surface area contributed by atoms with Gasteiger partial charge in [0.15, 0.2) is 5.82 Å². The SMILES string of the molecule is Cc1nc(C2CCC3CCCCC3N2)n[nH]1. The van der Waals surface area contributed by atoms with Gasteiger partial charge in [0.25, 0.3) is 0 Å². The number of aromatic nitrogens is 3. The number of nitrogens with zero attached hydrogens (tertiary/aromatic N) is 2. The highest BCUT2D eigenvalue weighted by molar-refractivity contribution is 5.00. The van der Waals surface area contributed by atoms with Crippen molar-refractivity contribution in [3.8, 4) is 0 Å². The normalized spacial score (nSPS) is 34.7. The lowest BCUT2D eigenvalue weighted by molar-refractivity contribution is 0.173. The van der Waals surface area contributed by atoms with Gasteiger partial charge in [0.1, 0.15) is 5.82 Å². The van der Waals surface area contributed by atoms with Gasteiger partial charge in [0.05, 0.1) is 6.04 Å². The molecule has 2 fully saturated rings. The second-order valence-electron chi connectivity index (χ2n) is 5.23. The van der Waals surface area contributed by atoms with E-state index in [0.717, 1.165) is 17.6 Å². The molecule has 2 N–H and O–H groups in total. The molecule has 3 unspecified atom stereocenters. The number of fused-ring (bicyclic) bond motifs is 1.